The summed E-state index contributed by atoms with van der Waals surface area (Å²) in [7, 11) is 0. The molecule has 29 heavy (non-hydrogen) atoms. The second-order valence-corrected chi connectivity index (χ2v) is 6.50. The van der Waals surface area contributed by atoms with Gasteiger partial charge in [0, 0.05) is 10.9 Å². The first-order valence-electron chi connectivity index (χ1n) is 9.17. The Morgan fingerprint density at radius 3 is 2.07 bits per heavy atom. The summed E-state index contributed by atoms with van der Waals surface area (Å²) in [6.45, 7) is 0.658. The van der Waals surface area contributed by atoms with Crippen LogP contribution in [0.5, 0.6) is 11.5 Å². The van der Waals surface area contributed by atoms with E-state index in [2.05, 4.69) is 18.2 Å². The lowest BCUT2D eigenvalue weighted by molar-refractivity contribution is -0.131. The van der Waals surface area contributed by atoms with Crippen LogP contribution in [-0.4, -0.2) is 30.1 Å². The van der Waals surface area contributed by atoms with Crippen LogP contribution in [0.2, 0.25) is 0 Å². The first-order chi connectivity index (χ1) is 14.1. The molecule has 0 atom stereocenters. The Labute approximate surface area is 167 Å². The van der Waals surface area contributed by atoms with E-state index in [-0.39, 0.29) is 5.56 Å². The fraction of sp³-hybridized carbons (Fsp3) is 0.0833. The van der Waals surface area contributed by atoms with Crippen LogP contribution in [0.15, 0.2) is 78.9 Å². The second-order valence-electron chi connectivity index (χ2n) is 6.50. The van der Waals surface area contributed by atoms with E-state index in [1.165, 1.54) is 17.5 Å². The number of carboxylic acid groups (broad SMARTS) is 1. The Bertz CT molecular complexity index is 1200. The van der Waals surface area contributed by atoms with Crippen LogP contribution in [-0.2, 0) is 4.79 Å². The lowest BCUT2D eigenvalue weighted by Crippen LogP contribution is -2.12. The number of carbonyl (C=O) groups excluding carboxylic acids is 1. The fourth-order valence-corrected chi connectivity index (χ4v) is 3.28. The van der Waals surface area contributed by atoms with E-state index in [9.17, 15) is 9.59 Å². The molecule has 1 N–H and O–H groups in total. The minimum atomic E-state index is -1.48. The summed E-state index contributed by atoms with van der Waals surface area (Å²) in [5, 5.41) is 13.2. The van der Waals surface area contributed by atoms with Crippen molar-refractivity contribution in [3.05, 3.63) is 84.4 Å². The zero-order chi connectivity index (χ0) is 20.2. The molecule has 0 radical (unpaired) electrons. The van der Waals surface area contributed by atoms with E-state index in [0.717, 1.165) is 21.9 Å². The minimum absolute atomic E-state index is 0.115. The predicted molar refractivity (Wildman–Crippen MR) is 111 cm³/mol. The van der Waals surface area contributed by atoms with Crippen molar-refractivity contribution in [3.63, 3.8) is 0 Å². The van der Waals surface area contributed by atoms with Gasteiger partial charge < -0.3 is 14.6 Å². The third-order valence-corrected chi connectivity index (χ3v) is 4.65. The van der Waals surface area contributed by atoms with Crippen molar-refractivity contribution in [2.75, 3.05) is 13.2 Å². The molecule has 0 spiro atoms. The summed E-state index contributed by atoms with van der Waals surface area (Å²) < 4.78 is 11.6. The lowest BCUT2D eigenvalue weighted by Gasteiger charge is -2.13. The number of ether oxygens (including phenoxy) is 2. The summed E-state index contributed by atoms with van der Waals surface area (Å²) in [5.41, 5.74) is 0.115. The summed E-state index contributed by atoms with van der Waals surface area (Å²) in [6, 6.07) is 24.4. The van der Waals surface area contributed by atoms with Gasteiger partial charge >= 0.3 is 5.97 Å². The van der Waals surface area contributed by atoms with Crippen LogP contribution in [0.1, 0.15) is 10.4 Å². The quantitative estimate of drug-likeness (QED) is 0.215. The fourth-order valence-electron chi connectivity index (χ4n) is 3.28. The number of fused-ring (bicyclic) bond motifs is 3. The van der Waals surface area contributed by atoms with Crippen molar-refractivity contribution in [2.24, 2.45) is 0 Å². The lowest BCUT2D eigenvalue weighted by atomic mass is 10.0. The number of carboxylic acids is 1. The van der Waals surface area contributed by atoms with Crippen molar-refractivity contribution >= 4 is 33.3 Å². The zero-order valence-electron chi connectivity index (χ0n) is 15.5. The van der Waals surface area contributed by atoms with Crippen molar-refractivity contribution in [3.8, 4) is 11.5 Å². The number of Topliss-reactive ketones (excluding diaryl/α,β-unsaturated/α-hetero) is 1. The SMILES string of the molecule is O=C(O)C(=O)c1ccc(OCCOc2cc3ccccc3c3ccccc23)cc1. The Hall–Kier alpha value is -3.86. The van der Waals surface area contributed by atoms with Gasteiger partial charge in [0.25, 0.3) is 5.78 Å². The van der Waals surface area contributed by atoms with Gasteiger partial charge in [0.05, 0.1) is 0 Å². The van der Waals surface area contributed by atoms with E-state index in [1.54, 1.807) is 12.1 Å². The monoisotopic (exact) mass is 386 g/mol. The molecule has 0 heterocycles. The Morgan fingerprint density at radius 1 is 0.724 bits per heavy atom. The van der Waals surface area contributed by atoms with Gasteiger partial charge in [0.1, 0.15) is 24.7 Å². The van der Waals surface area contributed by atoms with Gasteiger partial charge in [-0.1, -0.05) is 48.5 Å². The van der Waals surface area contributed by atoms with Gasteiger partial charge in [0.2, 0.25) is 0 Å². The van der Waals surface area contributed by atoms with E-state index in [4.69, 9.17) is 14.6 Å². The molecule has 144 valence electrons. The molecule has 0 fully saturated rings. The highest BCUT2D eigenvalue weighted by Crippen LogP contribution is 2.33. The van der Waals surface area contributed by atoms with Crippen molar-refractivity contribution in [1.82, 2.24) is 0 Å². The summed E-state index contributed by atoms with van der Waals surface area (Å²) in [4.78, 5) is 22.1. The maximum Gasteiger partial charge on any atom is 0.377 e. The third-order valence-electron chi connectivity index (χ3n) is 4.65. The first-order valence-corrected chi connectivity index (χ1v) is 9.17. The molecule has 0 aliphatic carbocycles. The predicted octanol–water partition coefficient (Wildman–Crippen LogP) is 4.72. The molecule has 0 unspecified atom stereocenters. The molecule has 0 aliphatic rings. The van der Waals surface area contributed by atoms with Gasteiger partial charge in [0.15, 0.2) is 0 Å². The minimum Gasteiger partial charge on any atom is -0.490 e. The number of hydrogen-bond donors (Lipinski definition) is 1. The summed E-state index contributed by atoms with van der Waals surface area (Å²) in [6.07, 6.45) is 0. The maximum absolute atomic E-state index is 11.4. The molecule has 5 heteroatoms. The summed E-state index contributed by atoms with van der Waals surface area (Å²) >= 11 is 0. The second kappa shape index (κ2) is 8.02. The molecule has 0 saturated heterocycles. The number of carbonyl (C=O) groups is 2. The third kappa shape index (κ3) is 3.89. The van der Waals surface area contributed by atoms with Gasteiger partial charge in [-0.05, 0) is 46.5 Å². The van der Waals surface area contributed by atoms with E-state index in [0.29, 0.717) is 19.0 Å². The molecule has 0 saturated carbocycles. The Kier molecular flexibility index (Phi) is 5.12. The average molecular weight is 386 g/mol. The van der Waals surface area contributed by atoms with Crippen LogP contribution in [0.3, 0.4) is 0 Å². The van der Waals surface area contributed by atoms with Gasteiger partial charge in [-0.25, -0.2) is 4.79 Å². The average Bonchev–Trinajstić information content (AvgIpc) is 2.76. The zero-order valence-corrected chi connectivity index (χ0v) is 15.5. The number of aliphatic carboxylic acids is 1. The molecule has 0 aliphatic heterocycles. The normalized spacial score (nSPS) is 10.8. The number of benzene rings is 4. The smallest absolute Gasteiger partial charge is 0.377 e. The van der Waals surface area contributed by atoms with Crippen molar-refractivity contribution in [1.29, 1.82) is 0 Å². The molecular formula is C24H18O5. The number of hydrogen-bond acceptors (Lipinski definition) is 4. The highest BCUT2D eigenvalue weighted by atomic mass is 16.5. The molecule has 4 rings (SSSR count). The Morgan fingerprint density at radius 2 is 1.34 bits per heavy atom. The first kappa shape index (κ1) is 18.5. The van der Waals surface area contributed by atoms with Gasteiger partial charge in [-0.2, -0.15) is 0 Å². The molecule has 4 aromatic carbocycles. The van der Waals surface area contributed by atoms with E-state index in [1.807, 2.05) is 36.4 Å². The molecule has 0 bridgehead atoms. The maximum atomic E-state index is 11.4. The van der Waals surface area contributed by atoms with Crippen molar-refractivity contribution in [2.45, 2.75) is 0 Å². The largest absolute Gasteiger partial charge is 0.490 e. The van der Waals surface area contributed by atoms with Gasteiger partial charge in [-0.15, -0.1) is 0 Å². The van der Waals surface area contributed by atoms with E-state index < -0.39 is 11.8 Å². The van der Waals surface area contributed by atoms with Crippen molar-refractivity contribution < 1.29 is 24.2 Å². The molecular weight excluding hydrogens is 368 g/mol. The molecule has 0 amide bonds. The highest BCUT2D eigenvalue weighted by Gasteiger charge is 2.14. The topological polar surface area (TPSA) is 72.8 Å². The molecule has 5 nitrogen and oxygen atoms in total. The standard InChI is InChI=1S/C24H18O5/c25-23(24(26)27)16-9-11-18(12-10-16)28-13-14-29-22-15-17-5-1-2-6-19(17)20-7-3-4-8-21(20)22/h1-12,15H,13-14H2,(H,26,27). The molecule has 4 aromatic rings. The van der Waals surface area contributed by atoms with Gasteiger partial charge in [-0.3, -0.25) is 4.79 Å². The molecule has 0 aromatic heterocycles. The van der Waals surface area contributed by atoms with E-state index >= 15 is 0 Å². The number of rotatable bonds is 7. The van der Waals surface area contributed by atoms with Crippen LogP contribution < -0.4 is 9.47 Å². The van der Waals surface area contributed by atoms with Crippen LogP contribution in [0, 0.1) is 0 Å². The highest BCUT2D eigenvalue weighted by molar-refractivity contribution is 6.39. The van der Waals surface area contributed by atoms with Crippen LogP contribution >= 0.6 is 0 Å². The Balaban J connectivity index is 1.44. The summed E-state index contributed by atoms with van der Waals surface area (Å²) in [5.74, 6) is -1.08. The van der Waals surface area contributed by atoms with Crippen LogP contribution in [0.25, 0.3) is 21.5 Å². The number of ketones is 1. The van der Waals surface area contributed by atoms with Crippen LogP contribution in [0.4, 0.5) is 0 Å².